The Bertz CT molecular complexity index is 952. The Labute approximate surface area is 157 Å². The number of hydrogen-bond acceptors (Lipinski definition) is 3. The van der Waals surface area contributed by atoms with Crippen LogP contribution in [0.4, 0.5) is 11.4 Å². The van der Waals surface area contributed by atoms with Gasteiger partial charge in [0, 0.05) is 23.7 Å². The molecule has 3 aromatic rings. The molecule has 1 amide bonds. The van der Waals surface area contributed by atoms with E-state index in [1.165, 1.54) is 0 Å². The van der Waals surface area contributed by atoms with Crippen molar-refractivity contribution in [3.05, 3.63) is 71.2 Å². The Morgan fingerprint density at radius 2 is 1.73 bits per heavy atom. The van der Waals surface area contributed by atoms with Crippen LogP contribution in [0, 0.1) is 0 Å². The standard InChI is InChI=1S/C21H19ClN2O2/c22-18-7-8-20(24-9-11-26-12-10-24)19(14-18)23-21(25)17-6-5-15-3-1-2-4-16(15)13-17/h1-8,13-14H,9-12H2,(H,23,25). The highest BCUT2D eigenvalue weighted by atomic mass is 35.5. The molecule has 1 saturated heterocycles. The zero-order valence-electron chi connectivity index (χ0n) is 14.2. The minimum absolute atomic E-state index is 0.146. The van der Waals surface area contributed by atoms with Gasteiger partial charge in [-0.1, -0.05) is 41.9 Å². The summed E-state index contributed by atoms with van der Waals surface area (Å²) < 4.78 is 5.42. The number of fused-ring (bicyclic) bond motifs is 1. The van der Waals surface area contributed by atoms with Gasteiger partial charge in [-0.15, -0.1) is 0 Å². The molecule has 0 spiro atoms. The lowest BCUT2D eigenvalue weighted by Crippen LogP contribution is -2.36. The van der Waals surface area contributed by atoms with E-state index in [2.05, 4.69) is 10.2 Å². The van der Waals surface area contributed by atoms with Crippen molar-refractivity contribution in [3.63, 3.8) is 0 Å². The van der Waals surface area contributed by atoms with E-state index in [0.717, 1.165) is 35.2 Å². The summed E-state index contributed by atoms with van der Waals surface area (Å²) in [4.78, 5) is 15.0. The lowest BCUT2D eigenvalue weighted by Gasteiger charge is -2.30. The lowest BCUT2D eigenvalue weighted by atomic mass is 10.1. The summed E-state index contributed by atoms with van der Waals surface area (Å²) >= 11 is 6.17. The van der Waals surface area contributed by atoms with Crippen LogP contribution in [0.5, 0.6) is 0 Å². The Morgan fingerprint density at radius 1 is 0.962 bits per heavy atom. The van der Waals surface area contributed by atoms with Crippen molar-refractivity contribution in [2.24, 2.45) is 0 Å². The van der Waals surface area contributed by atoms with Crippen LogP contribution < -0.4 is 10.2 Å². The van der Waals surface area contributed by atoms with Crippen LogP contribution in [0.2, 0.25) is 5.02 Å². The molecule has 5 heteroatoms. The van der Waals surface area contributed by atoms with Crippen LogP contribution >= 0.6 is 11.6 Å². The molecule has 0 radical (unpaired) electrons. The van der Waals surface area contributed by atoms with Crippen molar-refractivity contribution in [1.29, 1.82) is 0 Å². The van der Waals surface area contributed by atoms with Gasteiger partial charge >= 0.3 is 0 Å². The largest absolute Gasteiger partial charge is 0.378 e. The van der Waals surface area contributed by atoms with E-state index < -0.39 is 0 Å². The molecule has 0 bridgehead atoms. The van der Waals surface area contributed by atoms with Gasteiger partial charge in [-0.25, -0.2) is 0 Å². The first-order chi connectivity index (χ1) is 12.7. The number of anilines is 2. The molecule has 3 aromatic carbocycles. The van der Waals surface area contributed by atoms with Crippen LogP contribution in [-0.2, 0) is 4.74 Å². The lowest BCUT2D eigenvalue weighted by molar-refractivity contribution is 0.102. The third-order valence-electron chi connectivity index (χ3n) is 4.57. The van der Waals surface area contributed by atoms with Gasteiger partial charge in [0.1, 0.15) is 0 Å². The van der Waals surface area contributed by atoms with Gasteiger partial charge < -0.3 is 15.0 Å². The van der Waals surface area contributed by atoms with Gasteiger partial charge in [0.15, 0.2) is 0 Å². The number of benzene rings is 3. The maximum atomic E-state index is 12.8. The molecule has 132 valence electrons. The number of carbonyl (C=O) groups excluding carboxylic acids is 1. The third kappa shape index (κ3) is 3.52. The number of ether oxygens (including phenoxy) is 1. The predicted molar refractivity (Wildman–Crippen MR) is 106 cm³/mol. The van der Waals surface area contributed by atoms with Gasteiger partial charge in [0.25, 0.3) is 5.91 Å². The molecule has 0 aliphatic carbocycles. The Kier molecular flexibility index (Phi) is 4.78. The number of halogens is 1. The molecule has 4 nitrogen and oxygen atoms in total. The summed E-state index contributed by atoms with van der Waals surface area (Å²) in [7, 11) is 0. The maximum absolute atomic E-state index is 12.8. The zero-order chi connectivity index (χ0) is 17.9. The molecule has 26 heavy (non-hydrogen) atoms. The molecule has 1 heterocycles. The highest BCUT2D eigenvalue weighted by Gasteiger charge is 2.17. The highest BCUT2D eigenvalue weighted by molar-refractivity contribution is 6.31. The highest BCUT2D eigenvalue weighted by Crippen LogP contribution is 2.30. The van der Waals surface area contributed by atoms with E-state index >= 15 is 0 Å². The second-order valence-corrected chi connectivity index (χ2v) is 6.71. The molecular weight excluding hydrogens is 348 g/mol. The van der Waals surface area contributed by atoms with Crippen LogP contribution in [0.3, 0.4) is 0 Å². The number of morpholine rings is 1. The first-order valence-corrected chi connectivity index (χ1v) is 9.01. The van der Waals surface area contributed by atoms with Crippen molar-refractivity contribution >= 4 is 39.7 Å². The average molecular weight is 367 g/mol. The van der Waals surface area contributed by atoms with Crippen LogP contribution in [-0.4, -0.2) is 32.2 Å². The topological polar surface area (TPSA) is 41.6 Å². The van der Waals surface area contributed by atoms with Gasteiger partial charge in [0.2, 0.25) is 0 Å². The number of hydrogen-bond donors (Lipinski definition) is 1. The summed E-state index contributed by atoms with van der Waals surface area (Å²) in [6.07, 6.45) is 0. The molecule has 1 aliphatic heterocycles. The minimum Gasteiger partial charge on any atom is -0.378 e. The summed E-state index contributed by atoms with van der Waals surface area (Å²) in [5, 5.41) is 5.77. The fraction of sp³-hybridized carbons (Fsp3) is 0.190. The number of amides is 1. The summed E-state index contributed by atoms with van der Waals surface area (Å²) in [5.41, 5.74) is 2.31. The molecule has 1 fully saturated rings. The number of rotatable bonds is 3. The van der Waals surface area contributed by atoms with Gasteiger partial charge in [-0.2, -0.15) is 0 Å². The maximum Gasteiger partial charge on any atom is 0.255 e. The number of carbonyl (C=O) groups is 1. The monoisotopic (exact) mass is 366 g/mol. The van der Waals surface area contributed by atoms with Crippen molar-refractivity contribution in [3.8, 4) is 0 Å². The summed E-state index contributed by atoms with van der Waals surface area (Å²) in [5.74, 6) is -0.146. The quantitative estimate of drug-likeness (QED) is 0.737. The van der Waals surface area contributed by atoms with E-state index in [1.54, 1.807) is 6.07 Å². The van der Waals surface area contributed by atoms with Crippen molar-refractivity contribution in [2.45, 2.75) is 0 Å². The van der Waals surface area contributed by atoms with E-state index in [1.807, 2.05) is 54.6 Å². The summed E-state index contributed by atoms with van der Waals surface area (Å²) in [6.45, 7) is 2.95. The van der Waals surface area contributed by atoms with E-state index in [4.69, 9.17) is 16.3 Å². The van der Waals surface area contributed by atoms with Crippen molar-refractivity contribution < 1.29 is 9.53 Å². The Hall–Kier alpha value is -2.56. The molecular formula is C21H19ClN2O2. The van der Waals surface area contributed by atoms with Gasteiger partial charge in [-0.05, 0) is 41.1 Å². The van der Waals surface area contributed by atoms with Crippen molar-refractivity contribution in [2.75, 3.05) is 36.5 Å². The smallest absolute Gasteiger partial charge is 0.255 e. The second-order valence-electron chi connectivity index (χ2n) is 6.28. The first kappa shape index (κ1) is 16.9. The van der Waals surface area contributed by atoms with E-state index in [0.29, 0.717) is 23.8 Å². The first-order valence-electron chi connectivity index (χ1n) is 8.63. The second kappa shape index (κ2) is 7.36. The third-order valence-corrected chi connectivity index (χ3v) is 4.81. The van der Waals surface area contributed by atoms with E-state index in [9.17, 15) is 4.79 Å². The minimum atomic E-state index is -0.146. The zero-order valence-corrected chi connectivity index (χ0v) is 15.0. The normalized spacial score (nSPS) is 14.4. The number of nitrogens with zero attached hydrogens (tertiary/aromatic N) is 1. The van der Waals surface area contributed by atoms with E-state index in [-0.39, 0.29) is 5.91 Å². The molecule has 1 aliphatic rings. The average Bonchev–Trinajstić information content (AvgIpc) is 2.68. The van der Waals surface area contributed by atoms with Crippen LogP contribution in [0.15, 0.2) is 60.7 Å². The Morgan fingerprint density at radius 3 is 2.54 bits per heavy atom. The fourth-order valence-corrected chi connectivity index (χ4v) is 3.39. The molecule has 4 rings (SSSR count). The summed E-state index contributed by atoms with van der Waals surface area (Å²) in [6, 6.07) is 19.3. The van der Waals surface area contributed by atoms with Crippen LogP contribution in [0.1, 0.15) is 10.4 Å². The van der Waals surface area contributed by atoms with Gasteiger partial charge in [0.05, 0.1) is 24.6 Å². The predicted octanol–water partition coefficient (Wildman–Crippen LogP) is 4.58. The molecule has 0 unspecified atom stereocenters. The molecule has 0 saturated carbocycles. The van der Waals surface area contributed by atoms with Gasteiger partial charge in [-0.3, -0.25) is 4.79 Å². The van der Waals surface area contributed by atoms with Crippen LogP contribution in [0.25, 0.3) is 10.8 Å². The van der Waals surface area contributed by atoms with Crippen molar-refractivity contribution in [1.82, 2.24) is 0 Å². The molecule has 0 atom stereocenters. The Balaban J connectivity index is 1.62. The molecule has 0 aromatic heterocycles. The SMILES string of the molecule is O=C(Nc1cc(Cl)ccc1N1CCOCC1)c1ccc2ccccc2c1. The number of nitrogens with one attached hydrogen (secondary N) is 1. The molecule has 1 N–H and O–H groups in total. The fourth-order valence-electron chi connectivity index (χ4n) is 3.21.